The summed E-state index contributed by atoms with van der Waals surface area (Å²) in [7, 11) is 2.17. The van der Waals surface area contributed by atoms with Crippen molar-refractivity contribution in [3.63, 3.8) is 0 Å². The molecule has 1 N–H and O–H groups in total. The van der Waals surface area contributed by atoms with Gasteiger partial charge in [-0.2, -0.15) is 0 Å². The Labute approximate surface area is 180 Å². The van der Waals surface area contributed by atoms with Crippen LogP contribution in [0.5, 0.6) is 0 Å². The zero-order valence-corrected chi connectivity index (χ0v) is 17.4. The summed E-state index contributed by atoms with van der Waals surface area (Å²) >= 11 is 0. The molecule has 6 heteroatoms. The van der Waals surface area contributed by atoms with Gasteiger partial charge in [0, 0.05) is 37.4 Å². The smallest absolute Gasteiger partial charge is 0.257 e. The minimum atomic E-state index is -0.103. The molecule has 6 nitrogen and oxygen atoms in total. The van der Waals surface area contributed by atoms with Crippen LogP contribution in [-0.4, -0.2) is 53.6 Å². The van der Waals surface area contributed by atoms with Gasteiger partial charge in [-0.25, -0.2) is 4.98 Å². The number of aromatic nitrogens is 2. The Bertz CT molecular complexity index is 1300. The number of hydrogen-bond donors (Lipinski definition) is 1. The highest BCUT2D eigenvalue weighted by atomic mass is 16.1. The minimum absolute atomic E-state index is 0.103. The molecule has 2 aliphatic heterocycles. The predicted molar refractivity (Wildman–Crippen MR) is 124 cm³/mol. The van der Waals surface area contributed by atoms with Gasteiger partial charge in [0.25, 0.3) is 5.91 Å². The highest BCUT2D eigenvalue weighted by Gasteiger charge is 2.25. The summed E-state index contributed by atoms with van der Waals surface area (Å²) in [5.41, 5.74) is 6.30. The quantitative estimate of drug-likeness (QED) is 0.544. The number of nitrogens with zero attached hydrogens (tertiary/aromatic N) is 4. The SMILES string of the molecule is CN1CCN(c2ccc(-c3nc4cccc5c4n3-c3ccccc3NC5=O)cc2)CC1. The lowest BCUT2D eigenvalue weighted by Crippen LogP contribution is -2.44. The molecule has 3 heterocycles. The normalized spacial score (nSPS) is 16.2. The summed E-state index contributed by atoms with van der Waals surface area (Å²) in [4.78, 5) is 22.6. The Morgan fingerprint density at radius 2 is 1.65 bits per heavy atom. The Morgan fingerprint density at radius 3 is 2.45 bits per heavy atom. The second-order valence-corrected chi connectivity index (χ2v) is 8.25. The molecule has 2 aliphatic rings. The number of para-hydroxylation sites is 3. The zero-order valence-electron chi connectivity index (χ0n) is 17.4. The number of rotatable bonds is 2. The second-order valence-electron chi connectivity index (χ2n) is 8.25. The fourth-order valence-corrected chi connectivity index (χ4v) is 4.59. The van der Waals surface area contributed by atoms with Crippen molar-refractivity contribution in [2.24, 2.45) is 0 Å². The van der Waals surface area contributed by atoms with Gasteiger partial charge in [-0.15, -0.1) is 0 Å². The molecular weight excluding hydrogens is 386 g/mol. The highest BCUT2D eigenvalue weighted by molar-refractivity contribution is 6.14. The van der Waals surface area contributed by atoms with E-state index in [0.717, 1.165) is 60.0 Å². The first-order chi connectivity index (χ1) is 15.2. The average molecular weight is 409 g/mol. The monoisotopic (exact) mass is 409 g/mol. The van der Waals surface area contributed by atoms with Crippen LogP contribution in [0.4, 0.5) is 11.4 Å². The molecule has 154 valence electrons. The van der Waals surface area contributed by atoms with E-state index in [1.807, 2.05) is 42.5 Å². The van der Waals surface area contributed by atoms with E-state index in [1.165, 1.54) is 5.69 Å². The van der Waals surface area contributed by atoms with Crippen LogP contribution in [0.3, 0.4) is 0 Å². The molecule has 6 rings (SSSR count). The van der Waals surface area contributed by atoms with Crippen LogP contribution in [0.25, 0.3) is 28.1 Å². The zero-order chi connectivity index (χ0) is 20.9. The molecule has 4 aromatic rings. The van der Waals surface area contributed by atoms with Crippen LogP contribution >= 0.6 is 0 Å². The van der Waals surface area contributed by atoms with Gasteiger partial charge in [0.2, 0.25) is 0 Å². The maximum atomic E-state index is 12.9. The van der Waals surface area contributed by atoms with Crippen molar-refractivity contribution in [3.8, 4) is 17.1 Å². The van der Waals surface area contributed by atoms with Crippen molar-refractivity contribution in [3.05, 3.63) is 72.3 Å². The molecule has 0 spiro atoms. The third kappa shape index (κ3) is 2.91. The first-order valence-corrected chi connectivity index (χ1v) is 10.7. The van der Waals surface area contributed by atoms with E-state index < -0.39 is 0 Å². The molecule has 1 saturated heterocycles. The van der Waals surface area contributed by atoms with Crippen molar-refractivity contribution in [2.75, 3.05) is 43.4 Å². The molecule has 0 atom stereocenters. The summed E-state index contributed by atoms with van der Waals surface area (Å²) in [6, 6.07) is 22.3. The van der Waals surface area contributed by atoms with Crippen LogP contribution in [0.2, 0.25) is 0 Å². The topological polar surface area (TPSA) is 53.4 Å². The lowest BCUT2D eigenvalue weighted by Gasteiger charge is -2.34. The number of benzene rings is 3. The van der Waals surface area contributed by atoms with E-state index in [0.29, 0.717) is 5.56 Å². The lowest BCUT2D eigenvalue weighted by molar-refractivity contribution is 0.102. The standard InChI is InChI=1S/C25H23N5O/c1-28-13-15-29(16-14-28)18-11-9-17(10-12-18)24-26-21-7-4-5-19-23(21)30(24)22-8-3-2-6-20(22)27-25(19)31/h2-12H,13-16H2,1H3,(H,27,31). The van der Waals surface area contributed by atoms with Crippen LogP contribution in [0, 0.1) is 0 Å². The Hall–Kier alpha value is -3.64. The summed E-state index contributed by atoms with van der Waals surface area (Å²) in [5.74, 6) is 0.741. The van der Waals surface area contributed by atoms with Crippen molar-refractivity contribution in [1.29, 1.82) is 0 Å². The molecular formula is C25H23N5O. The van der Waals surface area contributed by atoms with Gasteiger partial charge in [-0.1, -0.05) is 18.2 Å². The summed E-state index contributed by atoms with van der Waals surface area (Å²) in [6.45, 7) is 4.24. The Balaban J connectivity index is 1.50. The summed E-state index contributed by atoms with van der Waals surface area (Å²) < 4.78 is 2.11. The van der Waals surface area contributed by atoms with Crippen LogP contribution in [0.1, 0.15) is 10.4 Å². The molecule has 0 unspecified atom stereocenters. The molecule has 0 bridgehead atoms. The first-order valence-electron chi connectivity index (χ1n) is 10.7. The van der Waals surface area contributed by atoms with Gasteiger partial charge in [-0.05, 0) is 55.6 Å². The molecule has 1 aromatic heterocycles. The Morgan fingerprint density at radius 1 is 0.871 bits per heavy atom. The van der Waals surface area contributed by atoms with Gasteiger partial charge in [0.1, 0.15) is 5.82 Å². The number of likely N-dealkylation sites (N-methyl/N-ethyl adjacent to an activating group) is 1. The largest absolute Gasteiger partial charge is 0.369 e. The van der Waals surface area contributed by atoms with Gasteiger partial charge in [0.05, 0.1) is 28.0 Å². The third-order valence-corrected chi connectivity index (χ3v) is 6.31. The fraction of sp³-hybridized carbons (Fsp3) is 0.200. The van der Waals surface area contributed by atoms with Gasteiger partial charge in [0.15, 0.2) is 0 Å². The van der Waals surface area contributed by atoms with Crippen molar-refractivity contribution >= 4 is 28.3 Å². The molecule has 0 saturated carbocycles. The number of hydrogen-bond acceptors (Lipinski definition) is 4. The number of anilines is 2. The second kappa shape index (κ2) is 6.96. The fourth-order valence-electron chi connectivity index (χ4n) is 4.59. The number of imidazole rings is 1. The predicted octanol–water partition coefficient (Wildman–Crippen LogP) is 4.01. The van der Waals surface area contributed by atoms with Crippen molar-refractivity contribution in [2.45, 2.75) is 0 Å². The first kappa shape index (κ1) is 18.2. The van der Waals surface area contributed by atoms with E-state index in [9.17, 15) is 4.79 Å². The van der Waals surface area contributed by atoms with Crippen LogP contribution < -0.4 is 10.2 Å². The molecule has 0 aliphatic carbocycles. The van der Waals surface area contributed by atoms with E-state index in [1.54, 1.807) is 0 Å². The lowest BCUT2D eigenvalue weighted by atomic mass is 10.1. The van der Waals surface area contributed by atoms with E-state index >= 15 is 0 Å². The molecule has 0 radical (unpaired) electrons. The van der Waals surface area contributed by atoms with Gasteiger partial charge < -0.3 is 15.1 Å². The van der Waals surface area contributed by atoms with Crippen molar-refractivity contribution in [1.82, 2.24) is 14.5 Å². The Kier molecular flexibility index (Phi) is 4.07. The van der Waals surface area contributed by atoms with Crippen molar-refractivity contribution < 1.29 is 4.79 Å². The van der Waals surface area contributed by atoms with E-state index in [4.69, 9.17) is 4.98 Å². The number of amides is 1. The number of carbonyl (C=O) groups excluding carboxylic acids is 1. The van der Waals surface area contributed by atoms with Gasteiger partial charge in [-0.3, -0.25) is 9.36 Å². The number of carbonyl (C=O) groups is 1. The van der Waals surface area contributed by atoms with E-state index in [-0.39, 0.29) is 5.91 Å². The number of nitrogens with one attached hydrogen (secondary N) is 1. The maximum absolute atomic E-state index is 12.9. The molecule has 1 amide bonds. The average Bonchev–Trinajstić information content (AvgIpc) is 3.13. The minimum Gasteiger partial charge on any atom is -0.369 e. The number of piperazine rings is 1. The number of fused-ring (bicyclic) bond motifs is 2. The van der Waals surface area contributed by atoms with Gasteiger partial charge >= 0.3 is 0 Å². The summed E-state index contributed by atoms with van der Waals surface area (Å²) in [6.07, 6.45) is 0. The molecule has 1 fully saturated rings. The third-order valence-electron chi connectivity index (χ3n) is 6.31. The molecule has 31 heavy (non-hydrogen) atoms. The maximum Gasteiger partial charge on any atom is 0.257 e. The van der Waals surface area contributed by atoms with Crippen LogP contribution in [0.15, 0.2) is 66.7 Å². The highest BCUT2D eigenvalue weighted by Crippen LogP contribution is 2.36. The van der Waals surface area contributed by atoms with E-state index in [2.05, 4.69) is 51.0 Å². The summed E-state index contributed by atoms with van der Waals surface area (Å²) in [5, 5.41) is 3.05. The molecule has 3 aromatic carbocycles. The van der Waals surface area contributed by atoms with Crippen LogP contribution in [-0.2, 0) is 0 Å².